The highest BCUT2D eigenvalue weighted by molar-refractivity contribution is 5.79. The molecule has 1 aliphatic heterocycles. The van der Waals surface area contributed by atoms with Crippen LogP contribution in [0.2, 0.25) is 0 Å². The Morgan fingerprint density at radius 1 is 1.12 bits per heavy atom. The van der Waals surface area contributed by atoms with Gasteiger partial charge in [0, 0.05) is 55.3 Å². The van der Waals surface area contributed by atoms with Crippen molar-refractivity contribution in [2.75, 3.05) is 13.1 Å². The molecule has 128 valence electrons. The maximum Gasteiger partial charge on any atom is 0.225 e. The Morgan fingerprint density at radius 2 is 1.92 bits per heavy atom. The number of aromatic nitrogens is 3. The topological polar surface area (TPSA) is 53.9 Å². The van der Waals surface area contributed by atoms with Crippen LogP contribution in [0.15, 0.2) is 36.8 Å². The predicted octanol–water partition coefficient (Wildman–Crippen LogP) is 3.35. The molecule has 0 bridgehead atoms. The maximum atomic E-state index is 13.0. The van der Waals surface area contributed by atoms with Crippen molar-refractivity contribution in [3.8, 4) is 0 Å². The summed E-state index contributed by atoms with van der Waals surface area (Å²) in [4.78, 5) is 15.1. The van der Waals surface area contributed by atoms with E-state index in [1.165, 1.54) is 5.69 Å². The molecule has 1 saturated carbocycles. The van der Waals surface area contributed by atoms with Gasteiger partial charge in [-0.05, 0) is 56.7 Å². The number of likely N-dealkylation sites (tertiary alicyclic amines) is 1. The van der Waals surface area contributed by atoms with Crippen molar-refractivity contribution in [1.82, 2.24) is 19.7 Å². The van der Waals surface area contributed by atoms with E-state index in [-0.39, 0.29) is 5.92 Å². The summed E-state index contributed by atoms with van der Waals surface area (Å²) in [6.07, 6.45) is 12.6. The number of carbonyl (C=O) groups is 1. The minimum absolute atomic E-state index is 0.220. The first kappa shape index (κ1) is 15.5. The normalized spacial score (nSPS) is 28.0. The summed E-state index contributed by atoms with van der Waals surface area (Å²) in [7, 11) is 0. The van der Waals surface area contributed by atoms with Crippen LogP contribution in [0.3, 0.4) is 0 Å². The van der Waals surface area contributed by atoms with Crippen LogP contribution in [0.5, 0.6) is 0 Å². The molecule has 2 aliphatic rings. The molecule has 0 radical (unpaired) electrons. The van der Waals surface area contributed by atoms with Gasteiger partial charge in [0.15, 0.2) is 0 Å². The predicted molar refractivity (Wildman–Crippen MR) is 92.6 cm³/mol. The molecule has 2 fully saturated rings. The molecule has 5 nitrogen and oxygen atoms in total. The van der Waals surface area contributed by atoms with Crippen LogP contribution in [0.25, 0.3) is 0 Å². The molecule has 1 atom stereocenters. The summed E-state index contributed by atoms with van der Waals surface area (Å²) >= 11 is 0. The third kappa shape index (κ3) is 3.12. The zero-order valence-corrected chi connectivity index (χ0v) is 14.1. The molecule has 5 heteroatoms. The van der Waals surface area contributed by atoms with E-state index in [1.54, 1.807) is 6.20 Å². The van der Waals surface area contributed by atoms with E-state index in [0.29, 0.717) is 17.9 Å². The summed E-state index contributed by atoms with van der Waals surface area (Å²) in [5, 5.41) is 7.14. The molecule has 0 aromatic carbocycles. The van der Waals surface area contributed by atoms with Gasteiger partial charge in [-0.2, -0.15) is 5.10 Å². The summed E-state index contributed by atoms with van der Waals surface area (Å²) in [6.45, 7) is 1.76. The van der Waals surface area contributed by atoms with Crippen molar-refractivity contribution in [3.63, 3.8) is 0 Å². The van der Waals surface area contributed by atoms with Crippen molar-refractivity contribution in [3.05, 3.63) is 42.5 Å². The minimum Gasteiger partial charge on any atom is -0.351 e. The average Bonchev–Trinajstić information content (AvgIpc) is 3.35. The van der Waals surface area contributed by atoms with Gasteiger partial charge in [0.25, 0.3) is 0 Å². The first-order valence-electron chi connectivity index (χ1n) is 9.22. The summed E-state index contributed by atoms with van der Waals surface area (Å²) < 4.78 is 2.30. The van der Waals surface area contributed by atoms with Gasteiger partial charge in [-0.25, -0.2) is 0 Å². The van der Waals surface area contributed by atoms with E-state index in [0.717, 1.165) is 51.6 Å². The zero-order valence-electron chi connectivity index (χ0n) is 14.1. The fourth-order valence-corrected chi connectivity index (χ4v) is 4.40. The van der Waals surface area contributed by atoms with E-state index in [9.17, 15) is 4.79 Å². The number of carbonyl (C=O) groups excluding carboxylic acids is 1. The number of nitrogens with one attached hydrogen (secondary N) is 1. The minimum atomic E-state index is 0.220. The highest BCUT2D eigenvalue weighted by atomic mass is 16.2. The molecule has 4 rings (SSSR count). The van der Waals surface area contributed by atoms with Crippen LogP contribution in [-0.2, 0) is 4.79 Å². The Bertz CT molecular complexity index is 641. The van der Waals surface area contributed by atoms with Gasteiger partial charge in [-0.15, -0.1) is 0 Å². The highest BCUT2D eigenvalue weighted by Gasteiger charge is 2.32. The fraction of sp³-hybridized carbons (Fsp3) is 0.579. The lowest BCUT2D eigenvalue weighted by atomic mass is 9.84. The van der Waals surface area contributed by atoms with Gasteiger partial charge < -0.3 is 9.47 Å². The lowest BCUT2D eigenvalue weighted by Crippen LogP contribution is -2.43. The van der Waals surface area contributed by atoms with Crippen molar-refractivity contribution in [1.29, 1.82) is 0 Å². The van der Waals surface area contributed by atoms with Crippen molar-refractivity contribution in [2.45, 2.75) is 50.5 Å². The molecule has 1 N–H and O–H groups in total. The number of H-pyrrole nitrogens is 1. The third-order valence-electron chi connectivity index (χ3n) is 5.79. The van der Waals surface area contributed by atoms with E-state index in [1.807, 2.05) is 6.07 Å². The van der Waals surface area contributed by atoms with E-state index < -0.39 is 0 Å². The number of amides is 1. The second-order valence-electron chi connectivity index (χ2n) is 7.27. The van der Waals surface area contributed by atoms with E-state index in [2.05, 4.69) is 44.2 Å². The van der Waals surface area contributed by atoms with Crippen LogP contribution in [0, 0.1) is 5.92 Å². The average molecular weight is 326 g/mol. The first-order valence-corrected chi connectivity index (χ1v) is 9.22. The number of nitrogens with zero attached hydrogens (tertiary/aromatic N) is 3. The van der Waals surface area contributed by atoms with Crippen molar-refractivity contribution < 1.29 is 4.79 Å². The molecule has 2 aromatic rings. The van der Waals surface area contributed by atoms with Crippen LogP contribution in [-0.4, -0.2) is 38.7 Å². The molecule has 0 unspecified atom stereocenters. The Morgan fingerprint density at radius 3 is 2.62 bits per heavy atom. The summed E-state index contributed by atoms with van der Waals surface area (Å²) in [5.74, 6) is 1.02. The lowest BCUT2D eigenvalue weighted by Gasteiger charge is -2.37. The van der Waals surface area contributed by atoms with Crippen LogP contribution in [0.1, 0.15) is 56.2 Å². The van der Waals surface area contributed by atoms with Crippen LogP contribution < -0.4 is 0 Å². The third-order valence-corrected chi connectivity index (χ3v) is 5.79. The monoisotopic (exact) mass is 326 g/mol. The van der Waals surface area contributed by atoms with Gasteiger partial charge >= 0.3 is 0 Å². The molecular formula is C19H26N4O. The number of piperidine rings is 1. The highest BCUT2D eigenvalue weighted by Crippen LogP contribution is 2.34. The summed E-state index contributed by atoms with van der Waals surface area (Å²) in [6, 6.07) is 6.78. The Kier molecular flexibility index (Phi) is 4.41. The fourth-order valence-electron chi connectivity index (χ4n) is 4.40. The molecule has 1 amide bonds. The molecule has 3 heterocycles. The lowest BCUT2D eigenvalue weighted by molar-refractivity contribution is -0.138. The molecular weight excluding hydrogens is 300 g/mol. The quantitative estimate of drug-likeness (QED) is 0.940. The van der Waals surface area contributed by atoms with Crippen LogP contribution >= 0.6 is 0 Å². The Balaban J connectivity index is 1.34. The standard InChI is InChI=1S/C19H26N4O/c24-19(15-5-7-17(8-6-15)22-11-1-2-12-22)23-13-3-4-16(14-23)18-9-10-20-21-18/h1-2,9-12,15-17H,3-8,13-14H2,(H,20,21)/t15?,16-,17?/m1/s1. The van der Waals surface area contributed by atoms with Crippen LogP contribution in [0.4, 0.5) is 0 Å². The SMILES string of the molecule is O=C(C1CCC(n2cccc2)CC1)N1CCC[C@@H](c2ccn[nH]2)C1. The smallest absolute Gasteiger partial charge is 0.225 e. The Hall–Kier alpha value is -2.04. The zero-order chi connectivity index (χ0) is 16.4. The molecule has 24 heavy (non-hydrogen) atoms. The van der Waals surface area contributed by atoms with E-state index >= 15 is 0 Å². The first-order chi connectivity index (χ1) is 11.8. The number of rotatable bonds is 3. The number of hydrogen-bond donors (Lipinski definition) is 1. The van der Waals surface area contributed by atoms with Gasteiger partial charge in [-0.3, -0.25) is 9.89 Å². The van der Waals surface area contributed by atoms with E-state index in [4.69, 9.17) is 0 Å². The molecule has 1 saturated heterocycles. The largest absolute Gasteiger partial charge is 0.351 e. The second kappa shape index (κ2) is 6.83. The van der Waals surface area contributed by atoms with Gasteiger partial charge in [0.05, 0.1) is 0 Å². The van der Waals surface area contributed by atoms with Crippen molar-refractivity contribution in [2.24, 2.45) is 5.92 Å². The molecule has 0 spiro atoms. The summed E-state index contributed by atoms with van der Waals surface area (Å²) in [5.41, 5.74) is 1.17. The Labute approximate surface area is 143 Å². The second-order valence-corrected chi connectivity index (χ2v) is 7.27. The van der Waals surface area contributed by atoms with Gasteiger partial charge in [0.2, 0.25) is 5.91 Å². The van der Waals surface area contributed by atoms with Gasteiger partial charge in [-0.1, -0.05) is 0 Å². The number of hydrogen-bond acceptors (Lipinski definition) is 2. The van der Waals surface area contributed by atoms with Crippen molar-refractivity contribution >= 4 is 5.91 Å². The number of aromatic amines is 1. The van der Waals surface area contributed by atoms with Gasteiger partial charge in [0.1, 0.15) is 0 Å². The molecule has 2 aromatic heterocycles. The molecule has 1 aliphatic carbocycles. The maximum absolute atomic E-state index is 13.0.